The van der Waals surface area contributed by atoms with E-state index in [2.05, 4.69) is 5.32 Å². The molecule has 1 fully saturated rings. The Kier molecular flexibility index (Phi) is 4.53. The van der Waals surface area contributed by atoms with Gasteiger partial charge in [-0.2, -0.15) is 0 Å². The highest BCUT2D eigenvalue weighted by Gasteiger charge is 2.30. The molecule has 1 aliphatic heterocycles. The van der Waals surface area contributed by atoms with Crippen LogP contribution in [0.25, 0.3) is 0 Å². The van der Waals surface area contributed by atoms with Crippen molar-refractivity contribution in [2.24, 2.45) is 11.8 Å². The van der Waals surface area contributed by atoms with Crippen LogP contribution in [0.2, 0.25) is 0 Å². The fraction of sp³-hybridized carbons (Fsp3) is 0.533. The molecule has 0 radical (unpaired) electrons. The molecule has 1 amide bonds. The fourth-order valence-corrected chi connectivity index (χ4v) is 2.27. The summed E-state index contributed by atoms with van der Waals surface area (Å²) >= 11 is 0. The molecule has 1 heterocycles. The number of hydrogen-bond acceptors (Lipinski definition) is 2. The number of rotatable bonds is 5. The van der Waals surface area contributed by atoms with Crippen LogP contribution < -0.4 is 5.32 Å². The van der Waals surface area contributed by atoms with Crippen LogP contribution in [-0.4, -0.2) is 37.5 Å². The van der Waals surface area contributed by atoms with Crippen molar-refractivity contribution >= 4 is 5.91 Å². The van der Waals surface area contributed by atoms with E-state index in [0.717, 1.165) is 25.1 Å². The van der Waals surface area contributed by atoms with Crippen molar-refractivity contribution < 1.29 is 9.18 Å². The van der Waals surface area contributed by atoms with Gasteiger partial charge in [0.1, 0.15) is 5.82 Å². The molecule has 1 unspecified atom stereocenters. The first-order valence-electron chi connectivity index (χ1n) is 6.78. The van der Waals surface area contributed by atoms with Gasteiger partial charge in [-0.3, -0.25) is 4.79 Å². The molecule has 19 heavy (non-hydrogen) atoms. The summed E-state index contributed by atoms with van der Waals surface area (Å²) in [5, 5.41) is 3.19. The Hall–Kier alpha value is -1.42. The maximum absolute atomic E-state index is 12.8. The molecule has 104 valence electrons. The van der Waals surface area contributed by atoms with E-state index in [1.807, 2.05) is 14.0 Å². The summed E-state index contributed by atoms with van der Waals surface area (Å²) in [6, 6.07) is 6.46. The van der Waals surface area contributed by atoms with Crippen molar-refractivity contribution in [2.45, 2.75) is 13.3 Å². The van der Waals surface area contributed by atoms with Gasteiger partial charge in [-0.15, -0.1) is 0 Å². The summed E-state index contributed by atoms with van der Waals surface area (Å²) in [5.41, 5.74) is 1.05. The first-order chi connectivity index (χ1) is 9.08. The van der Waals surface area contributed by atoms with Crippen molar-refractivity contribution in [3.05, 3.63) is 35.6 Å². The molecule has 0 spiro atoms. The maximum atomic E-state index is 12.8. The van der Waals surface area contributed by atoms with Crippen LogP contribution in [0.4, 0.5) is 4.39 Å². The average Bonchev–Trinajstić information content (AvgIpc) is 2.34. The number of carbonyl (C=O) groups excluding carboxylic acids is 1. The summed E-state index contributed by atoms with van der Waals surface area (Å²) in [5.74, 6) is 0.535. The lowest BCUT2D eigenvalue weighted by Crippen LogP contribution is -2.50. The smallest absolute Gasteiger partial charge is 0.225 e. The Bertz CT molecular complexity index is 428. The highest BCUT2D eigenvalue weighted by molar-refractivity contribution is 5.78. The summed E-state index contributed by atoms with van der Waals surface area (Å²) in [7, 11) is 1.84. The highest BCUT2D eigenvalue weighted by atomic mass is 19.1. The zero-order chi connectivity index (χ0) is 13.8. The molecular weight excluding hydrogens is 243 g/mol. The van der Waals surface area contributed by atoms with Crippen LogP contribution in [0.5, 0.6) is 0 Å². The molecule has 0 bridgehead atoms. The first kappa shape index (κ1) is 14.0. The van der Waals surface area contributed by atoms with Gasteiger partial charge in [-0.25, -0.2) is 4.39 Å². The third kappa shape index (κ3) is 3.53. The number of benzene rings is 1. The van der Waals surface area contributed by atoms with Crippen molar-refractivity contribution in [1.29, 1.82) is 0 Å². The van der Waals surface area contributed by atoms with E-state index >= 15 is 0 Å². The minimum absolute atomic E-state index is 0.0828. The van der Waals surface area contributed by atoms with Gasteiger partial charge < -0.3 is 10.2 Å². The quantitative estimate of drug-likeness (QED) is 0.877. The molecule has 1 aliphatic rings. The van der Waals surface area contributed by atoms with Gasteiger partial charge in [0, 0.05) is 19.5 Å². The molecule has 1 saturated heterocycles. The van der Waals surface area contributed by atoms with Crippen LogP contribution in [0.1, 0.15) is 12.5 Å². The van der Waals surface area contributed by atoms with Crippen molar-refractivity contribution in [1.82, 2.24) is 10.2 Å². The lowest BCUT2D eigenvalue weighted by Gasteiger charge is -2.34. The van der Waals surface area contributed by atoms with Gasteiger partial charge in [0.15, 0.2) is 0 Å². The molecular formula is C15H21FN2O. The van der Waals surface area contributed by atoms with E-state index in [1.54, 1.807) is 17.0 Å². The van der Waals surface area contributed by atoms with Crippen LogP contribution in [-0.2, 0) is 11.2 Å². The van der Waals surface area contributed by atoms with E-state index in [-0.39, 0.29) is 17.6 Å². The Balaban J connectivity index is 1.81. The zero-order valence-corrected chi connectivity index (χ0v) is 11.5. The molecule has 0 aromatic heterocycles. The first-order valence-corrected chi connectivity index (χ1v) is 6.78. The molecule has 1 N–H and O–H groups in total. The molecule has 1 aromatic carbocycles. The number of nitrogens with zero attached hydrogens (tertiary/aromatic N) is 1. The second-order valence-corrected chi connectivity index (χ2v) is 5.34. The van der Waals surface area contributed by atoms with E-state index in [4.69, 9.17) is 0 Å². The van der Waals surface area contributed by atoms with Gasteiger partial charge in [-0.05, 0) is 43.1 Å². The maximum Gasteiger partial charge on any atom is 0.225 e. The van der Waals surface area contributed by atoms with Crippen LogP contribution >= 0.6 is 0 Å². The molecule has 1 atom stereocenters. The average molecular weight is 264 g/mol. The van der Waals surface area contributed by atoms with E-state index in [0.29, 0.717) is 12.5 Å². The number of halogens is 1. The summed E-state index contributed by atoms with van der Waals surface area (Å²) < 4.78 is 12.8. The van der Waals surface area contributed by atoms with Crippen LogP contribution in [0.15, 0.2) is 24.3 Å². The molecule has 1 aromatic rings. The van der Waals surface area contributed by atoms with E-state index in [9.17, 15) is 9.18 Å². The molecule has 2 rings (SSSR count). The van der Waals surface area contributed by atoms with Gasteiger partial charge >= 0.3 is 0 Å². The fourth-order valence-electron chi connectivity index (χ4n) is 2.27. The van der Waals surface area contributed by atoms with E-state index in [1.165, 1.54) is 12.1 Å². The monoisotopic (exact) mass is 264 g/mol. The van der Waals surface area contributed by atoms with Crippen LogP contribution in [0, 0.1) is 17.7 Å². The predicted molar refractivity (Wildman–Crippen MR) is 73.3 cm³/mol. The van der Waals surface area contributed by atoms with Gasteiger partial charge in [-0.1, -0.05) is 19.1 Å². The van der Waals surface area contributed by atoms with Crippen molar-refractivity contribution in [3.63, 3.8) is 0 Å². The summed E-state index contributed by atoms with van der Waals surface area (Å²) in [6.45, 7) is 4.56. The Morgan fingerprint density at radius 3 is 2.58 bits per heavy atom. The third-order valence-electron chi connectivity index (χ3n) is 3.94. The molecule has 0 aliphatic carbocycles. The number of amides is 1. The SMILES string of the molecule is CC(C(=O)N(C)CCc1ccc(F)cc1)C1CNC1. The minimum atomic E-state index is -0.223. The molecule has 0 saturated carbocycles. The largest absolute Gasteiger partial charge is 0.345 e. The van der Waals surface area contributed by atoms with Crippen LogP contribution in [0.3, 0.4) is 0 Å². The van der Waals surface area contributed by atoms with Gasteiger partial charge in [0.05, 0.1) is 0 Å². The van der Waals surface area contributed by atoms with Crippen molar-refractivity contribution in [3.8, 4) is 0 Å². The lowest BCUT2D eigenvalue weighted by molar-refractivity contribution is -0.136. The predicted octanol–water partition coefficient (Wildman–Crippen LogP) is 1.68. The van der Waals surface area contributed by atoms with Gasteiger partial charge in [0.2, 0.25) is 5.91 Å². The lowest BCUT2D eigenvalue weighted by atomic mass is 9.88. The normalized spacial score (nSPS) is 16.8. The number of nitrogens with one attached hydrogen (secondary N) is 1. The Morgan fingerprint density at radius 1 is 1.42 bits per heavy atom. The third-order valence-corrected chi connectivity index (χ3v) is 3.94. The zero-order valence-electron chi connectivity index (χ0n) is 11.5. The second kappa shape index (κ2) is 6.15. The number of carbonyl (C=O) groups is 1. The Morgan fingerprint density at radius 2 is 2.05 bits per heavy atom. The van der Waals surface area contributed by atoms with Crippen molar-refractivity contribution in [2.75, 3.05) is 26.7 Å². The standard InChI is InChI=1S/C15H21FN2O/c1-11(13-9-17-10-13)15(19)18(2)8-7-12-3-5-14(16)6-4-12/h3-6,11,13,17H,7-10H2,1-2H3. The second-order valence-electron chi connectivity index (χ2n) is 5.34. The highest BCUT2D eigenvalue weighted by Crippen LogP contribution is 2.18. The molecule has 4 heteroatoms. The van der Waals surface area contributed by atoms with Gasteiger partial charge in [0.25, 0.3) is 0 Å². The number of hydrogen-bond donors (Lipinski definition) is 1. The van der Waals surface area contributed by atoms with E-state index < -0.39 is 0 Å². The summed E-state index contributed by atoms with van der Waals surface area (Å²) in [6.07, 6.45) is 0.762. The topological polar surface area (TPSA) is 32.3 Å². The molecule has 3 nitrogen and oxygen atoms in total. The Labute approximate surface area is 113 Å². The number of likely N-dealkylation sites (N-methyl/N-ethyl adjacent to an activating group) is 1. The summed E-state index contributed by atoms with van der Waals surface area (Å²) in [4.78, 5) is 14.0. The minimum Gasteiger partial charge on any atom is -0.345 e.